The second kappa shape index (κ2) is 11.1. The maximum absolute atomic E-state index is 6.49. The van der Waals surface area contributed by atoms with Gasteiger partial charge in [0.25, 0.3) is 0 Å². The zero-order valence-electron chi connectivity index (χ0n) is 26.7. The highest BCUT2D eigenvalue weighted by Crippen LogP contribution is 2.47. The molecule has 0 bridgehead atoms. The maximum Gasteiger partial charge on any atom is 0.143 e. The van der Waals surface area contributed by atoms with Crippen LogP contribution in [-0.4, -0.2) is 0 Å². The van der Waals surface area contributed by atoms with Gasteiger partial charge in [0.2, 0.25) is 0 Å². The molecule has 0 unspecified atom stereocenters. The van der Waals surface area contributed by atoms with E-state index in [1.807, 2.05) is 6.07 Å². The highest BCUT2D eigenvalue weighted by atomic mass is 16.3. The van der Waals surface area contributed by atoms with E-state index < -0.39 is 0 Å². The van der Waals surface area contributed by atoms with Crippen LogP contribution in [-0.2, 0) is 0 Å². The highest BCUT2D eigenvalue weighted by molar-refractivity contribution is 6.24. The van der Waals surface area contributed by atoms with Crippen LogP contribution < -0.4 is 0 Å². The van der Waals surface area contributed by atoms with E-state index in [1.54, 1.807) is 0 Å². The Hall–Kier alpha value is -6.44. The molecule has 1 nitrogen and oxygen atoms in total. The fourth-order valence-corrected chi connectivity index (χ4v) is 7.85. The predicted octanol–water partition coefficient (Wildman–Crippen LogP) is 13.7. The maximum atomic E-state index is 6.49. The minimum Gasteiger partial charge on any atom is -0.455 e. The van der Waals surface area contributed by atoms with Crippen LogP contribution in [0.5, 0.6) is 0 Å². The fraction of sp³-hybridized carbons (Fsp3) is 0. The average molecular weight is 623 g/mol. The SMILES string of the molecule is c1ccc(-c2ccc3c(-c4cccc5ccccc45)c4ccccc4c(-c4cccc(-c5cccc6c5oc5ccccc56)c4)c3c2)cc1. The Balaban J connectivity index is 1.29. The van der Waals surface area contributed by atoms with E-state index in [0.717, 1.165) is 33.1 Å². The largest absolute Gasteiger partial charge is 0.455 e. The number of hydrogen-bond acceptors (Lipinski definition) is 1. The summed E-state index contributed by atoms with van der Waals surface area (Å²) in [6.45, 7) is 0. The lowest BCUT2D eigenvalue weighted by molar-refractivity contribution is 0.670. The van der Waals surface area contributed by atoms with Crippen LogP contribution in [0.2, 0.25) is 0 Å². The van der Waals surface area contributed by atoms with Gasteiger partial charge in [-0.25, -0.2) is 0 Å². The molecule has 9 aromatic carbocycles. The molecule has 228 valence electrons. The van der Waals surface area contributed by atoms with Gasteiger partial charge >= 0.3 is 0 Å². The van der Waals surface area contributed by atoms with Crippen LogP contribution in [0.15, 0.2) is 186 Å². The van der Waals surface area contributed by atoms with Crippen molar-refractivity contribution in [3.05, 3.63) is 182 Å². The molecular weight excluding hydrogens is 593 g/mol. The van der Waals surface area contributed by atoms with Crippen LogP contribution in [0.4, 0.5) is 0 Å². The molecule has 10 aromatic rings. The van der Waals surface area contributed by atoms with Crippen molar-refractivity contribution in [2.45, 2.75) is 0 Å². The molecule has 0 aliphatic rings. The first kappa shape index (κ1) is 27.7. The molecule has 1 heteroatoms. The first-order valence-electron chi connectivity index (χ1n) is 16.8. The Morgan fingerprint density at radius 2 is 0.878 bits per heavy atom. The Labute approximate surface area is 284 Å². The van der Waals surface area contributed by atoms with Gasteiger partial charge in [0, 0.05) is 16.3 Å². The van der Waals surface area contributed by atoms with E-state index in [4.69, 9.17) is 4.42 Å². The molecule has 0 aliphatic carbocycles. The summed E-state index contributed by atoms with van der Waals surface area (Å²) in [7, 11) is 0. The van der Waals surface area contributed by atoms with Crippen molar-refractivity contribution in [2.75, 3.05) is 0 Å². The lowest BCUT2D eigenvalue weighted by Crippen LogP contribution is -1.93. The second-order valence-corrected chi connectivity index (χ2v) is 12.8. The van der Waals surface area contributed by atoms with Gasteiger partial charge in [-0.15, -0.1) is 0 Å². The van der Waals surface area contributed by atoms with E-state index >= 15 is 0 Å². The number of rotatable bonds is 4. The normalized spacial score (nSPS) is 11.7. The first-order chi connectivity index (χ1) is 24.3. The first-order valence-corrected chi connectivity index (χ1v) is 16.8. The molecule has 0 fully saturated rings. The number of hydrogen-bond donors (Lipinski definition) is 0. The van der Waals surface area contributed by atoms with Gasteiger partial charge in [0.1, 0.15) is 11.2 Å². The van der Waals surface area contributed by atoms with Crippen molar-refractivity contribution >= 4 is 54.3 Å². The van der Waals surface area contributed by atoms with E-state index in [1.165, 1.54) is 65.7 Å². The summed E-state index contributed by atoms with van der Waals surface area (Å²) in [6.07, 6.45) is 0. The Kier molecular flexibility index (Phi) is 6.25. The summed E-state index contributed by atoms with van der Waals surface area (Å²) < 4.78 is 6.49. The van der Waals surface area contributed by atoms with Crippen LogP contribution in [0, 0.1) is 0 Å². The van der Waals surface area contributed by atoms with Crippen molar-refractivity contribution in [1.29, 1.82) is 0 Å². The zero-order valence-corrected chi connectivity index (χ0v) is 26.7. The molecule has 0 N–H and O–H groups in total. The van der Waals surface area contributed by atoms with E-state index in [0.29, 0.717) is 0 Å². The Morgan fingerprint density at radius 1 is 0.286 bits per heavy atom. The van der Waals surface area contributed by atoms with Gasteiger partial charge in [-0.2, -0.15) is 0 Å². The minimum atomic E-state index is 0.913. The molecule has 49 heavy (non-hydrogen) atoms. The molecule has 0 spiro atoms. The number of furan rings is 1. The van der Waals surface area contributed by atoms with Crippen LogP contribution >= 0.6 is 0 Å². The fourth-order valence-electron chi connectivity index (χ4n) is 7.85. The van der Waals surface area contributed by atoms with E-state index in [2.05, 4.69) is 176 Å². The molecule has 1 heterocycles. The van der Waals surface area contributed by atoms with Crippen molar-refractivity contribution in [1.82, 2.24) is 0 Å². The monoisotopic (exact) mass is 622 g/mol. The van der Waals surface area contributed by atoms with Gasteiger partial charge in [0.05, 0.1) is 0 Å². The third-order valence-corrected chi connectivity index (χ3v) is 10.1. The van der Waals surface area contributed by atoms with Gasteiger partial charge in [-0.3, -0.25) is 0 Å². The van der Waals surface area contributed by atoms with Gasteiger partial charge in [-0.05, 0) is 89.5 Å². The lowest BCUT2D eigenvalue weighted by Gasteiger charge is -2.20. The molecule has 0 aliphatic heterocycles. The summed E-state index contributed by atoms with van der Waals surface area (Å²) >= 11 is 0. The van der Waals surface area contributed by atoms with Crippen molar-refractivity contribution in [3.8, 4) is 44.5 Å². The number of para-hydroxylation sites is 2. The highest BCUT2D eigenvalue weighted by Gasteiger charge is 2.20. The Morgan fingerprint density at radius 3 is 1.76 bits per heavy atom. The molecule has 1 aromatic heterocycles. The second-order valence-electron chi connectivity index (χ2n) is 12.8. The standard InChI is InChI=1S/C48H30O/c1-2-13-31(14-3-1)33-27-28-42-44(30-33)46(40-21-6-7-22-41(40)47(42)39-24-11-16-32-15-4-5-19-36(32)39)35-18-10-17-34(29-35)37-23-12-25-43-38-20-8-9-26-45(38)49-48(37)43/h1-30H. The molecule has 0 radical (unpaired) electrons. The van der Waals surface area contributed by atoms with Gasteiger partial charge in [0.15, 0.2) is 0 Å². The number of benzene rings is 9. The van der Waals surface area contributed by atoms with Crippen LogP contribution in [0.3, 0.4) is 0 Å². The molecule has 0 atom stereocenters. The molecule has 10 rings (SSSR count). The average Bonchev–Trinajstić information content (AvgIpc) is 3.56. The van der Waals surface area contributed by atoms with E-state index in [9.17, 15) is 0 Å². The minimum absolute atomic E-state index is 0.913. The third-order valence-electron chi connectivity index (χ3n) is 10.1. The van der Waals surface area contributed by atoms with Crippen LogP contribution in [0.25, 0.3) is 98.8 Å². The van der Waals surface area contributed by atoms with Crippen LogP contribution in [0.1, 0.15) is 0 Å². The summed E-state index contributed by atoms with van der Waals surface area (Å²) in [5.74, 6) is 0. The number of fused-ring (bicyclic) bond motifs is 6. The zero-order chi connectivity index (χ0) is 32.3. The molecule has 0 amide bonds. The quantitative estimate of drug-likeness (QED) is 0.178. The molecule has 0 saturated heterocycles. The Bertz CT molecular complexity index is 2870. The van der Waals surface area contributed by atoms with E-state index in [-0.39, 0.29) is 0 Å². The predicted molar refractivity (Wildman–Crippen MR) is 208 cm³/mol. The lowest BCUT2D eigenvalue weighted by atomic mass is 9.83. The smallest absolute Gasteiger partial charge is 0.143 e. The third kappa shape index (κ3) is 4.40. The summed E-state index contributed by atoms with van der Waals surface area (Å²) in [5, 5.41) is 9.76. The molecule has 0 saturated carbocycles. The van der Waals surface area contributed by atoms with Gasteiger partial charge < -0.3 is 4.42 Å². The summed E-state index contributed by atoms with van der Waals surface area (Å²) in [5.41, 5.74) is 11.4. The summed E-state index contributed by atoms with van der Waals surface area (Å²) in [6, 6.07) is 65.8. The summed E-state index contributed by atoms with van der Waals surface area (Å²) in [4.78, 5) is 0. The van der Waals surface area contributed by atoms with Crippen molar-refractivity contribution in [3.63, 3.8) is 0 Å². The van der Waals surface area contributed by atoms with Crippen molar-refractivity contribution in [2.24, 2.45) is 0 Å². The van der Waals surface area contributed by atoms with Crippen molar-refractivity contribution < 1.29 is 4.42 Å². The topological polar surface area (TPSA) is 13.1 Å². The van der Waals surface area contributed by atoms with Gasteiger partial charge in [-0.1, -0.05) is 164 Å². The molecular formula is C48H30O.